The van der Waals surface area contributed by atoms with Crippen molar-refractivity contribution in [3.05, 3.63) is 28.8 Å². The van der Waals surface area contributed by atoms with Crippen LogP contribution in [-0.2, 0) is 9.84 Å². The molecule has 7 heteroatoms. The molecule has 18 heavy (non-hydrogen) atoms. The Morgan fingerprint density at radius 3 is 2.56 bits per heavy atom. The fourth-order valence-electron chi connectivity index (χ4n) is 1.31. The minimum absolute atomic E-state index is 0.0815. The van der Waals surface area contributed by atoms with Gasteiger partial charge < -0.3 is 10.6 Å². The lowest BCUT2D eigenvalue weighted by Crippen LogP contribution is -2.31. The molecule has 0 aliphatic carbocycles. The molecule has 0 spiro atoms. The van der Waals surface area contributed by atoms with Crippen LogP contribution in [0.4, 0.5) is 5.69 Å². The molecule has 0 fully saturated rings. The minimum atomic E-state index is -3.10. The van der Waals surface area contributed by atoms with Gasteiger partial charge in [-0.15, -0.1) is 0 Å². The predicted octanol–water partition coefficient (Wildman–Crippen LogP) is 1.04. The number of hydrogen-bond acceptors (Lipinski definition) is 4. The van der Waals surface area contributed by atoms with Crippen LogP contribution in [0.25, 0.3) is 0 Å². The first kappa shape index (κ1) is 14.8. The number of nitrogens with two attached hydrogens (primary N) is 1. The first-order valence-corrected chi connectivity index (χ1v) is 7.63. The molecule has 0 atom stereocenters. The molecule has 0 aromatic heterocycles. The molecule has 1 rings (SSSR count). The molecule has 0 saturated heterocycles. The Kier molecular flexibility index (Phi) is 4.59. The number of hydrogen-bond donors (Lipinski definition) is 1. The van der Waals surface area contributed by atoms with Gasteiger partial charge in [-0.25, -0.2) is 8.42 Å². The molecule has 2 N–H and O–H groups in total. The van der Waals surface area contributed by atoms with Gasteiger partial charge >= 0.3 is 0 Å². The minimum Gasteiger partial charge on any atom is -0.399 e. The Hall–Kier alpha value is -1.27. The Labute approximate surface area is 111 Å². The number of sulfone groups is 1. The third-order valence-corrected chi connectivity index (χ3v) is 3.60. The molecule has 0 unspecified atom stereocenters. The maximum atomic E-state index is 12.0. The zero-order chi connectivity index (χ0) is 13.9. The molecule has 1 aromatic carbocycles. The summed E-state index contributed by atoms with van der Waals surface area (Å²) in [5, 5.41) is 0.256. The van der Waals surface area contributed by atoms with Gasteiger partial charge in [-0.05, 0) is 18.2 Å². The van der Waals surface area contributed by atoms with E-state index in [-0.39, 0.29) is 23.2 Å². The first-order valence-electron chi connectivity index (χ1n) is 5.19. The normalized spacial score (nSPS) is 11.3. The van der Waals surface area contributed by atoms with E-state index in [1.165, 1.54) is 24.1 Å². The largest absolute Gasteiger partial charge is 0.399 e. The van der Waals surface area contributed by atoms with Gasteiger partial charge in [0, 0.05) is 25.5 Å². The van der Waals surface area contributed by atoms with E-state index in [1.54, 1.807) is 6.07 Å². The van der Waals surface area contributed by atoms with Crippen LogP contribution in [0.1, 0.15) is 10.4 Å². The summed E-state index contributed by atoms with van der Waals surface area (Å²) in [5.41, 5.74) is 6.31. The summed E-state index contributed by atoms with van der Waals surface area (Å²) in [7, 11) is -1.57. The highest BCUT2D eigenvalue weighted by Crippen LogP contribution is 2.20. The van der Waals surface area contributed by atoms with Crippen molar-refractivity contribution in [2.45, 2.75) is 0 Å². The van der Waals surface area contributed by atoms with Gasteiger partial charge in [-0.3, -0.25) is 4.79 Å². The maximum Gasteiger partial charge on any atom is 0.255 e. The molecule has 0 heterocycles. The zero-order valence-electron chi connectivity index (χ0n) is 10.2. The van der Waals surface area contributed by atoms with Crippen molar-refractivity contribution in [1.29, 1.82) is 0 Å². The number of halogens is 1. The number of amides is 1. The van der Waals surface area contributed by atoms with E-state index in [9.17, 15) is 13.2 Å². The van der Waals surface area contributed by atoms with Crippen LogP contribution in [0.5, 0.6) is 0 Å². The van der Waals surface area contributed by atoms with Gasteiger partial charge in [0.15, 0.2) is 0 Å². The van der Waals surface area contributed by atoms with Gasteiger partial charge in [0.05, 0.1) is 16.3 Å². The molecule has 0 aliphatic heterocycles. The van der Waals surface area contributed by atoms with Crippen LogP contribution in [0.2, 0.25) is 5.02 Å². The van der Waals surface area contributed by atoms with Crippen LogP contribution < -0.4 is 5.73 Å². The van der Waals surface area contributed by atoms with Crippen LogP contribution in [0, 0.1) is 0 Å². The van der Waals surface area contributed by atoms with Gasteiger partial charge in [0.25, 0.3) is 5.91 Å². The van der Waals surface area contributed by atoms with Gasteiger partial charge in [0.1, 0.15) is 9.84 Å². The number of carbonyl (C=O) groups excluding carboxylic acids is 1. The van der Waals surface area contributed by atoms with Crippen molar-refractivity contribution in [3.8, 4) is 0 Å². The highest BCUT2D eigenvalue weighted by molar-refractivity contribution is 7.90. The SMILES string of the molecule is CN(CCS(C)(=O)=O)C(=O)c1ccc(N)cc1Cl. The van der Waals surface area contributed by atoms with Gasteiger partial charge in [0.2, 0.25) is 0 Å². The third-order valence-electron chi connectivity index (χ3n) is 2.37. The smallest absolute Gasteiger partial charge is 0.255 e. The number of rotatable bonds is 4. The summed E-state index contributed by atoms with van der Waals surface area (Å²) in [6, 6.07) is 4.58. The first-order chi connectivity index (χ1) is 8.20. The molecule has 5 nitrogen and oxygen atoms in total. The third kappa shape index (κ3) is 4.19. The monoisotopic (exact) mass is 290 g/mol. The molecular formula is C11H15ClN2O3S. The average Bonchev–Trinajstić information content (AvgIpc) is 2.24. The van der Waals surface area contributed by atoms with E-state index in [4.69, 9.17) is 17.3 Å². The number of nitrogen functional groups attached to an aromatic ring is 1. The Morgan fingerprint density at radius 1 is 1.44 bits per heavy atom. The Balaban J connectivity index is 2.80. The Bertz CT molecular complexity index is 557. The van der Waals surface area contributed by atoms with Gasteiger partial charge in [-0.1, -0.05) is 11.6 Å². The average molecular weight is 291 g/mol. The molecule has 0 saturated carbocycles. The van der Waals surface area contributed by atoms with Crippen LogP contribution >= 0.6 is 11.6 Å². The molecule has 0 radical (unpaired) electrons. The Morgan fingerprint density at radius 2 is 2.06 bits per heavy atom. The summed E-state index contributed by atoms with van der Waals surface area (Å²) in [4.78, 5) is 13.3. The lowest BCUT2D eigenvalue weighted by atomic mass is 10.2. The summed E-state index contributed by atoms with van der Waals surface area (Å²) < 4.78 is 22.1. The lowest BCUT2D eigenvalue weighted by Gasteiger charge is -2.17. The van der Waals surface area contributed by atoms with E-state index in [1.807, 2.05) is 0 Å². The molecule has 1 aromatic rings. The number of anilines is 1. The van der Waals surface area contributed by atoms with Crippen molar-refractivity contribution in [2.75, 3.05) is 31.3 Å². The van der Waals surface area contributed by atoms with E-state index in [0.29, 0.717) is 11.3 Å². The quantitative estimate of drug-likeness (QED) is 0.840. The van der Waals surface area contributed by atoms with E-state index >= 15 is 0 Å². The standard InChI is InChI=1S/C11H15ClN2O3S/c1-14(5-6-18(2,16)17)11(15)9-4-3-8(13)7-10(9)12/h3-4,7H,5-6,13H2,1-2H3. The second-order valence-corrected chi connectivity index (χ2v) is 6.76. The van der Waals surface area contributed by atoms with E-state index in [2.05, 4.69) is 0 Å². The summed E-state index contributed by atoms with van der Waals surface area (Å²) in [5.74, 6) is -0.411. The fraction of sp³-hybridized carbons (Fsp3) is 0.364. The van der Waals surface area contributed by atoms with Crippen molar-refractivity contribution in [1.82, 2.24) is 4.90 Å². The molecule has 0 aliphatic rings. The highest BCUT2D eigenvalue weighted by atomic mass is 35.5. The summed E-state index contributed by atoms with van der Waals surface area (Å²) >= 11 is 5.91. The van der Waals surface area contributed by atoms with Crippen molar-refractivity contribution >= 4 is 33.0 Å². The zero-order valence-corrected chi connectivity index (χ0v) is 11.8. The van der Waals surface area contributed by atoms with Crippen molar-refractivity contribution < 1.29 is 13.2 Å². The van der Waals surface area contributed by atoms with Crippen molar-refractivity contribution in [3.63, 3.8) is 0 Å². The molecule has 100 valence electrons. The lowest BCUT2D eigenvalue weighted by molar-refractivity contribution is 0.0803. The van der Waals surface area contributed by atoms with E-state index < -0.39 is 9.84 Å². The van der Waals surface area contributed by atoms with Gasteiger partial charge in [-0.2, -0.15) is 0 Å². The number of carbonyl (C=O) groups is 1. The molecule has 0 bridgehead atoms. The topological polar surface area (TPSA) is 80.5 Å². The number of nitrogens with zero attached hydrogens (tertiary/aromatic N) is 1. The van der Waals surface area contributed by atoms with Crippen LogP contribution in [0.3, 0.4) is 0 Å². The number of benzene rings is 1. The molecular weight excluding hydrogens is 276 g/mol. The second-order valence-electron chi connectivity index (χ2n) is 4.10. The van der Waals surface area contributed by atoms with Crippen molar-refractivity contribution in [2.24, 2.45) is 0 Å². The fourth-order valence-corrected chi connectivity index (χ4v) is 2.19. The second kappa shape index (κ2) is 5.58. The summed E-state index contributed by atoms with van der Waals surface area (Å²) in [6.45, 7) is 0.123. The maximum absolute atomic E-state index is 12.0. The predicted molar refractivity (Wildman–Crippen MR) is 72.5 cm³/mol. The summed E-state index contributed by atoms with van der Waals surface area (Å²) in [6.07, 6.45) is 1.13. The van der Waals surface area contributed by atoms with E-state index in [0.717, 1.165) is 6.26 Å². The molecule has 1 amide bonds. The van der Waals surface area contributed by atoms with Crippen LogP contribution in [-0.4, -0.2) is 44.8 Å². The highest BCUT2D eigenvalue weighted by Gasteiger charge is 2.16. The van der Waals surface area contributed by atoms with Crippen LogP contribution in [0.15, 0.2) is 18.2 Å².